The van der Waals surface area contributed by atoms with Crippen molar-refractivity contribution in [2.45, 2.75) is 13.8 Å². The van der Waals surface area contributed by atoms with E-state index in [9.17, 15) is 19.7 Å². The van der Waals surface area contributed by atoms with Crippen LogP contribution in [0, 0.1) is 17.0 Å². The monoisotopic (exact) mass is 342 g/mol. The Labute approximate surface area is 145 Å². The molecule has 0 saturated heterocycles. The van der Waals surface area contributed by atoms with Gasteiger partial charge >= 0.3 is 5.97 Å². The van der Waals surface area contributed by atoms with E-state index in [1.54, 1.807) is 44.2 Å². The first kappa shape index (κ1) is 18.1. The topological polar surface area (TPSA) is 89.8 Å². The molecule has 0 aliphatic carbocycles. The van der Waals surface area contributed by atoms with E-state index < -0.39 is 10.9 Å². The average Bonchev–Trinajstić information content (AvgIpc) is 2.59. The molecule has 0 spiro atoms. The van der Waals surface area contributed by atoms with Crippen molar-refractivity contribution in [1.82, 2.24) is 0 Å². The number of anilines is 1. The summed E-state index contributed by atoms with van der Waals surface area (Å²) in [5, 5.41) is 11.0. The third kappa shape index (κ3) is 4.41. The number of hydrogen-bond donors (Lipinski definition) is 0. The lowest BCUT2D eigenvalue weighted by molar-refractivity contribution is -0.385. The van der Waals surface area contributed by atoms with Crippen molar-refractivity contribution in [3.05, 3.63) is 69.8 Å². The van der Waals surface area contributed by atoms with Crippen LogP contribution in [0.15, 0.2) is 48.5 Å². The molecule has 0 N–H and O–H groups in total. The maximum atomic E-state index is 12.8. The summed E-state index contributed by atoms with van der Waals surface area (Å²) in [5.74, 6) is -0.940. The van der Waals surface area contributed by atoms with Crippen LogP contribution in [0.4, 0.5) is 11.4 Å². The van der Waals surface area contributed by atoms with E-state index in [0.29, 0.717) is 16.8 Å². The van der Waals surface area contributed by atoms with Gasteiger partial charge in [0.1, 0.15) is 6.54 Å². The maximum absolute atomic E-state index is 12.8. The molecule has 0 aliphatic heterocycles. The molecule has 1 amide bonds. The Balaban J connectivity index is 2.40. The van der Waals surface area contributed by atoms with Gasteiger partial charge in [-0.25, -0.2) is 0 Å². The molecule has 0 atom stereocenters. The van der Waals surface area contributed by atoms with Gasteiger partial charge in [-0.2, -0.15) is 0 Å². The van der Waals surface area contributed by atoms with E-state index >= 15 is 0 Å². The first-order chi connectivity index (χ1) is 11.9. The second-order valence-corrected chi connectivity index (χ2v) is 5.29. The van der Waals surface area contributed by atoms with E-state index in [-0.39, 0.29) is 24.7 Å². The number of nitro benzene ring substituents is 1. The molecule has 0 fully saturated rings. The minimum absolute atomic E-state index is 0.0491. The summed E-state index contributed by atoms with van der Waals surface area (Å²) >= 11 is 0. The van der Waals surface area contributed by atoms with Gasteiger partial charge in [-0.1, -0.05) is 18.2 Å². The highest BCUT2D eigenvalue weighted by Crippen LogP contribution is 2.25. The SMILES string of the molecule is CCOC(=O)CN(C(=O)c1ccccc1)c1ccc([N+](=O)[O-])c(C)c1. The third-order valence-electron chi connectivity index (χ3n) is 3.55. The lowest BCUT2D eigenvalue weighted by Gasteiger charge is -2.22. The van der Waals surface area contributed by atoms with Gasteiger partial charge in [0.15, 0.2) is 0 Å². The van der Waals surface area contributed by atoms with Crippen LogP contribution in [0.5, 0.6) is 0 Å². The number of carbonyl (C=O) groups is 2. The smallest absolute Gasteiger partial charge is 0.326 e. The van der Waals surface area contributed by atoms with Crippen LogP contribution < -0.4 is 4.90 Å². The van der Waals surface area contributed by atoms with E-state index in [1.807, 2.05) is 0 Å². The standard InChI is InChI=1S/C18H18N2O5/c1-3-25-17(21)12-19(18(22)14-7-5-4-6-8-14)15-9-10-16(20(23)24)13(2)11-15/h4-11H,3,12H2,1-2H3. The highest BCUT2D eigenvalue weighted by Gasteiger charge is 2.23. The number of benzene rings is 2. The Morgan fingerprint density at radius 2 is 1.84 bits per heavy atom. The summed E-state index contributed by atoms with van der Waals surface area (Å²) in [6.45, 7) is 3.18. The van der Waals surface area contributed by atoms with Gasteiger partial charge in [-0.15, -0.1) is 0 Å². The molecule has 0 saturated carbocycles. The molecule has 0 radical (unpaired) electrons. The second kappa shape index (κ2) is 8.05. The Morgan fingerprint density at radius 3 is 2.40 bits per heavy atom. The van der Waals surface area contributed by atoms with E-state index in [0.717, 1.165) is 0 Å². The molecule has 25 heavy (non-hydrogen) atoms. The molecule has 0 heterocycles. The Bertz CT molecular complexity index is 789. The van der Waals surface area contributed by atoms with Gasteiger partial charge in [0.05, 0.1) is 11.5 Å². The Morgan fingerprint density at radius 1 is 1.16 bits per heavy atom. The number of nitro groups is 1. The van der Waals surface area contributed by atoms with Crippen LogP contribution in [0.25, 0.3) is 0 Å². The molecule has 0 aromatic heterocycles. The van der Waals surface area contributed by atoms with Crippen LogP contribution >= 0.6 is 0 Å². The molecule has 2 aromatic carbocycles. The van der Waals surface area contributed by atoms with Crippen LogP contribution in [-0.4, -0.2) is 30.0 Å². The summed E-state index contributed by atoms with van der Waals surface area (Å²) in [5.41, 5.74) is 1.15. The summed E-state index contributed by atoms with van der Waals surface area (Å²) in [7, 11) is 0. The van der Waals surface area contributed by atoms with Crippen molar-refractivity contribution in [3.8, 4) is 0 Å². The summed E-state index contributed by atoms with van der Waals surface area (Å²) in [6, 6.07) is 12.8. The van der Waals surface area contributed by atoms with Crippen LogP contribution in [0.2, 0.25) is 0 Å². The third-order valence-corrected chi connectivity index (χ3v) is 3.55. The zero-order valence-corrected chi connectivity index (χ0v) is 14.0. The number of amides is 1. The van der Waals surface area contributed by atoms with Crippen LogP contribution in [0.3, 0.4) is 0 Å². The van der Waals surface area contributed by atoms with E-state index in [4.69, 9.17) is 4.74 Å². The Hall–Kier alpha value is -3.22. The van der Waals surface area contributed by atoms with Crippen molar-refractivity contribution in [1.29, 1.82) is 0 Å². The highest BCUT2D eigenvalue weighted by atomic mass is 16.6. The van der Waals surface area contributed by atoms with Gasteiger partial charge in [0, 0.05) is 22.9 Å². The molecular weight excluding hydrogens is 324 g/mol. The molecular formula is C18H18N2O5. The van der Waals surface area contributed by atoms with Crippen molar-refractivity contribution in [2.24, 2.45) is 0 Å². The minimum atomic E-state index is -0.553. The van der Waals surface area contributed by atoms with E-state index in [1.165, 1.54) is 23.1 Å². The van der Waals surface area contributed by atoms with Gasteiger partial charge in [-0.3, -0.25) is 24.6 Å². The number of esters is 1. The van der Waals surface area contributed by atoms with Gasteiger partial charge in [0.2, 0.25) is 0 Å². The summed E-state index contributed by atoms with van der Waals surface area (Å²) in [6.07, 6.45) is 0. The first-order valence-corrected chi connectivity index (χ1v) is 7.71. The zero-order valence-electron chi connectivity index (χ0n) is 14.0. The maximum Gasteiger partial charge on any atom is 0.326 e. The van der Waals surface area contributed by atoms with Crippen molar-refractivity contribution >= 4 is 23.3 Å². The number of aryl methyl sites for hydroxylation is 1. The minimum Gasteiger partial charge on any atom is -0.465 e. The normalized spacial score (nSPS) is 10.2. The highest BCUT2D eigenvalue weighted by molar-refractivity contribution is 6.08. The largest absolute Gasteiger partial charge is 0.465 e. The predicted octanol–water partition coefficient (Wildman–Crippen LogP) is 3.11. The quantitative estimate of drug-likeness (QED) is 0.457. The number of carbonyl (C=O) groups excluding carboxylic acids is 2. The fourth-order valence-corrected chi connectivity index (χ4v) is 2.37. The average molecular weight is 342 g/mol. The van der Waals surface area contributed by atoms with Crippen molar-refractivity contribution in [3.63, 3.8) is 0 Å². The predicted molar refractivity (Wildman–Crippen MR) is 92.6 cm³/mol. The molecule has 2 rings (SSSR count). The zero-order chi connectivity index (χ0) is 18.4. The van der Waals surface area contributed by atoms with Gasteiger partial charge < -0.3 is 4.74 Å². The first-order valence-electron chi connectivity index (χ1n) is 7.71. The molecule has 2 aromatic rings. The molecule has 0 unspecified atom stereocenters. The second-order valence-electron chi connectivity index (χ2n) is 5.29. The lowest BCUT2D eigenvalue weighted by Crippen LogP contribution is -2.36. The van der Waals surface area contributed by atoms with Gasteiger partial charge in [0.25, 0.3) is 11.6 Å². The fourth-order valence-electron chi connectivity index (χ4n) is 2.37. The number of nitrogens with zero attached hydrogens (tertiary/aromatic N) is 2. The summed E-state index contributed by atoms with van der Waals surface area (Å²) < 4.78 is 4.93. The molecule has 7 nitrogen and oxygen atoms in total. The van der Waals surface area contributed by atoms with Gasteiger partial charge in [-0.05, 0) is 38.1 Å². The molecule has 130 valence electrons. The Kier molecular flexibility index (Phi) is 5.84. The number of hydrogen-bond acceptors (Lipinski definition) is 5. The van der Waals surface area contributed by atoms with Crippen LogP contribution in [0.1, 0.15) is 22.8 Å². The number of rotatable bonds is 6. The van der Waals surface area contributed by atoms with Crippen LogP contribution in [-0.2, 0) is 9.53 Å². The lowest BCUT2D eigenvalue weighted by atomic mass is 10.1. The fraction of sp³-hybridized carbons (Fsp3) is 0.222. The summed E-state index contributed by atoms with van der Waals surface area (Å²) in [4.78, 5) is 36.4. The molecule has 0 aliphatic rings. The van der Waals surface area contributed by atoms with Crippen molar-refractivity contribution < 1.29 is 19.2 Å². The molecule has 0 bridgehead atoms. The molecule has 7 heteroatoms. The van der Waals surface area contributed by atoms with E-state index in [2.05, 4.69) is 0 Å². The van der Waals surface area contributed by atoms with Crippen molar-refractivity contribution in [2.75, 3.05) is 18.1 Å². The number of ether oxygens (including phenoxy) is 1.